The number of phenols is 3. The number of hydrogen-bond donors (Lipinski definition) is 3. The van der Waals surface area contributed by atoms with E-state index in [9.17, 15) is 33.3 Å². The Hall–Kier alpha value is -5.40. The predicted octanol–water partition coefficient (Wildman–Crippen LogP) is 6.52. The molecule has 0 aliphatic rings. The largest absolute Gasteiger partial charge is 0.508 e. The van der Waals surface area contributed by atoms with Crippen LogP contribution < -0.4 is 24.4 Å². The highest BCUT2D eigenvalue weighted by Crippen LogP contribution is 2.34. The van der Waals surface area contributed by atoms with Gasteiger partial charge in [0.15, 0.2) is 28.8 Å². The van der Waals surface area contributed by atoms with E-state index < -0.39 is 9.05 Å². The van der Waals surface area contributed by atoms with Crippen LogP contribution in [0.1, 0.15) is 27.0 Å². The molecule has 0 atom stereocenters. The minimum Gasteiger partial charge on any atom is -0.508 e. The van der Waals surface area contributed by atoms with Crippen LogP contribution >= 0.6 is 10.7 Å². The van der Waals surface area contributed by atoms with Crippen molar-refractivity contribution in [3.63, 3.8) is 0 Å². The molecule has 1 heterocycles. The summed E-state index contributed by atoms with van der Waals surface area (Å²) in [6, 6.07) is 16.3. The summed E-state index contributed by atoms with van der Waals surface area (Å²) in [7, 11) is 7.47. The zero-order valence-electron chi connectivity index (χ0n) is 28.4. The molecule has 50 heavy (non-hydrogen) atoms. The van der Waals surface area contributed by atoms with Crippen LogP contribution in [0.3, 0.4) is 0 Å². The van der Waals surface area contributed by atoms with E-state index in [2.05, 4.69) is 10.7 Å². The van der Waals surface area contributed by atoms with Crippen LogP contribution in [-0.4, -0.2) is 64.2 Å². The molecule has 5 rings (SSSR count). The molecule has 0 saturated heterocycles. The van der Waals surface area contributed by atoms with Gasteiger partial charge in [-0.2, -0.15) is 0 Å². The second-order valence-corrected chi connectivity index (χ2v) is 13.8. The number of hydrogen-bond acceptors (Lipinski definition) is 12. The molecule has 3 N–H and O–H groups in total. The average molecular weight is 729 g/mol. The Kier molecular flexibility index (Phi) is 13.1. The van der Waals surface area contributed by atoms with Crippen LogP contribution in [0.2, 0.25) is 0 Å². The number of ketones is 1. The molecular formula is C36H37ClO12S. The van der Waals surface area contributed by atoms with Crippen LogP contribution in [-0.2, 0) is 15.5 Å². The number of aryl methyl sites for hydroxylation is 1. The Morgan fingerprint density at radius 2 is 1.28 bits per heavy atom. The van der Waals surface area contributed by atoms with Crippen molar-refractivity contribution in [2.75, 3.05) is 34.7 Å². The summed E-state index contributed by atoms with van der Waals surface area (Å²) in [4.78, 5) is 25.1. The van der Waals surface area contributed by atoms with Gasteiger partial charge in [0.1, 0.15) is 29.1 Å². The lowest BCUT2D eigenvalue weighted by molar-refractivity contribution is 0.0990. The highest BCUT2D eigenvalue weighted by Gasteiger charge is 2.17. The van der Waals surface area contributed by atoms with Gasteiger partial charge in [-0.3, -0.25) is 9.59 Å². The first-order chi connectivity index (χ1) is 23.5. The molecular weight excluding hydrogens is 692 g/mol. The minimum absolute atomic E-state index is 0.0415. The first kappa shape index (κ1) is 39.0. The van der Waals surface area contributed by atoms with Crippen LogP contribution in [0.5, 0.6) is 40.2 Å². The Morgan fingerprint density at radius 1 is 0.760 bits per heavy atom. The molecule has 0 aliphatic heterocycles. The second kappa shape index (κ2) is 16.8. The zero-order valence-corrected chi connectivity index (χ0v) is 29.9. The van der Waals surface area contributed by atoms with Crippen molar-refractivity contribution < 1.29 is 51.9 Å². The topological polar surface area (TPSA) is 179 Å². The van der Waals surface area contributed by atoms with Crippen LogP contribution in [0.15, 0.2) is 76.1 Å². The van der Waals surface area contributed by atoms with Crippen LogP contribution in [0.25, 0.3) is 22.1 Å². The number of fused-ring (bicyclic) bond motifs is 1. The second-order valence-electron chi connectivity index (χ2n) is 10.7. The number of aromatic hydroxyl groups is 3. The van der Waals surface area contributed by atoms with Gasteiger partial charge in [0.25, 0.3) is 0 Å². The van der Waals surface area contributed by atoms with Gasteiger partial charge in [0, 0.05) is 28.2 Å². The van der Waals surface area contributed by atoms with Crippen molar-refractivity contribution in [3.05, 3.63) is 99.4 Å². The van der Waals surface area contributed by atoms with Crippen molar-refractivity contribution in [2.45, 2.75) is 20.3 Å². The van der Waals surface area contributed by atoms with Gasteiger partial charge in [-0.15, -0.1) is 0 Å². The lowest BCUT2D eigenvalue weighted by Gasteiger charge is -2.10. The van der Waals surface area contributed by atoms with Gasteiger partial charge >= 0.3 is 0 Å². The molecule has 14 heteroatoms. The van der Waals surface area contributed by atoms with E-state index in [0.717, 1.165) is 11.8 Å². The van der Waals surface area contributed by atoms with E-state index in [1.165, 1.54) is 38.7 Å². The summed E-state index contributed by atoms with van der Waals surface area (Å²) < 4.78 is 45.2. The van der Waals surface area contributed by atoms with E-state index in [0.29, 0.717) is 50.7 Å². The van der Waals surface area contributed by atoms with Crippen molar-refractivity contribution in [1.82, 2.24) is 0 Å². The summed E-state index contributed by atoms with van der Waals surface area (Å²) in [5.74, 6) is 1.87. The van der Waals surface area contributed by atoms with Crippen molar-refractivity contribution >= 4 is 36.5 Å². The number of Topliss-reactive ketones (excluding diaryl/α,β-unsaturated/α-hetero) is 1. The molecule has 0 amide bonds. The number of phenolic OH excluding ortho intramolecular Hbond substituents is 3. The lowest BCUT2D eigenvalue weighted by atomic mass is 9.99. The number of carbonyl (C=O) groups is 1. The van der Waals surface area contributed by atoms with Crippen molar-refractivity contribution in [3.8, 4) is 51.4 Å². The molecule has 0 saturated carbocycles. The van der Waals surface area contributed by atoms with E-state index in [1.54, 1.807) is 70.5 Å². The van der Waals surface area contributed by atoms with E-state index in [4.69, 9.17) is 23.4 Å². The summed E-state index contributed by atoms with van der Waals surface area (Å²) in [5.41, 5.74) is 3.07. The third-order valence-corrected chi connectivity index (χ3v) is 7.37. The van der Waals surface area contributed by atoms with E-state index >= 15 is 0 Å². The van der Waals surface area contributed by atoms with E-state index in [1.807, 2.05) is 0 Å². The number of halogens is 1. The highest BCUT2D eigenvalue weighted by atomic mass is 35.7. The third kappa shape index (κ3) is 9.61. The molecule has 12 nitrogen and oxygen atoms in total. The molecule has 0 fully saturated rings. The smallest absolute Gasteiger partial charge is 0.229 e. The SMILES string of the molecule is COc1ccc(-c2coc3c(C)c(O)ccc3c2=O)cc1OC.COc1ccc(CC(=O)c2ccc(O)c(C)c2O)cc1OC.CS(=O)(=O)Cl. The fourth-order valence-electron chi connectivity index (χ4n) is 4.72. The molecule has 0 spiro atoms. The fourth-order valence-corrected chi connectivity index (χ4v) is 4.72. The predicted molar refractivity (Wildman–Crippen MR) is 190 cm³/mol. The van der Waals surface area contributed by atoms with Crippen LogP contribution in [0, 0.1) is 13.8 Å². The summed E-state index contributed by atoms with van der Waals surface area (Å²) in [6.07, 6.45) is 2.44. The molecule has 266 valence electrons. The number of benzene rings is 4. The van der Waals surface area contributed by atoms with Gasteiger partial charge in [0.05, 0.1) is 51.2 Å². The highest BCUT2D eigenvalue weighted by molar-refractivity contribution is 8.13. The molecule has 5 aromatic rings. The fraction of sp³-hybridized carbons (Fsp3) is 0.222. The van der Waals surface area contributed by atoms with E-state index in [-0.39, 0.29) is 46.0 Å². The molecule has 1 aromatic heterocycles. The molecule has 0 radical (unpaired) electrons. The third-order valence-electron chi connectivity index (χ3n) is 7.37. The van der Waals surface area contributed by atoms with Crippen molar-refractivity contribution in [1.29, 1.82) is 0 Å². The monoisotopic (exact) mass is 728 g/mol. The lowest BCUT2D eigenvalue weighted by Crippen LogP contribution is -2.05. The normalized spacial score (nSPS) is 10.6. The van der Waals surface area contributed by atoms with Gasteiger partial charge < -0.3 is 38.7 Å². The number of methoxy groups -OCH3 is 4. The summed E-state index contributed by atoms with van der Waals surface area (Å²) in [6.45, 7) is 3.26. The van der Waals surface area contributed by atoms with Crippen LogP contribution in [0.4, 0.5) is 0 Å². The summed E-state index contributed by atoms with van der Waals surface area (Å²) in [5, 5.41) is 29.7. The molecule has 4 aromatic carbocycles. The average Bonchev–Trinajstić information content (AvgIpc) is 3.08. The number of carbonyl (C=O) groups excluding carboxylic acids is 1. The summed E-state index contributed by atoms with van der Waals surface area (Å²) >= 11 is 0. The Balaban J connectivity index is 0.000000239. The minimum atomic E-state index is -3.19. The Bertz CT molecular complexity index is 2170. The van der Waals surface area contributed by atoms with Gasteiger partial charge in [-0.05, 0) is 73.5 Å². The zero-order chi connectivity index (χ0) is 37.3. The standard InChI is InChI=1S/C18H16O5.C17H18O5.CH3ClO2S/c1-10-14(19)6-5-12-17(20)13(9-23-18(10)12)11-4-7-15(21-2)16(8-11)22-3;1-10-13(18)6-5-12(17(10)20)14(19)8-11-4-7-15(21-2)16(9-11)22-3;1-5(2,3)4/h4-9,19H,1-3H3;4-7,9,18,20H,8H2,1-3H3;1H3. The maximum absolute atomic E-state index is 12.7. The maximum Gasteiger partial charge on any atom is 0.229 e. The first-order valence-corrected chi connectivity index (χ1v) is 17.4. The first-order valence-electron chi connectivity index (χ1n) is 14.7. The van der Waals surface area contributed by atoms with Gasteiger partial charge in [-0.1, -0.05) is 12.1 Å². The van der Waals surface area contributed by atoms with Crippen molar-refractivity contribution in [2.24, 2.45) is 0 Å². The van der Waals surface area contributed by atoms with Gasteiger partial charge in [-0.25, -0.2) is 8.42 Å². The quantitative estimate of drug-likeness (QED) is 0.116. The number of ether oxygens (including phenoxy) is 4. The van der Waals surface area contributed by atoms with Gasteiger partial charge in [0.2, 0.25) is 14.5 Å². The maximum atomic E-state index is 12.7. The Labute approximate surface area is 293 Å². The molecule has 0 bridgehead atoms. The molecule has 0 aliphatic carbocycles. The Morgan fingerprint density at radius 3 is 1.86 bits per heavy atom. The number of rotatable bonds is 8. The molecule has 0 unspecified atom stereocenters.